The maximum Gasteiger partial charge on any atom is 0.279 e. The van der Waals surface area contributed by atoms with Crippen LogP contribution < -0.4 is 0 Å². The van der Waals surface area contributed by atoms with Crippen LogP contribution in [0.4, 0.5) is 0 Å². The molecule has 0 spiro atoms. The number of rotatable bonds is 1. The zero-order valence-electron chi connectivity index (χ0n) is 7.16. The van der Waals surface area contributed by atoms with Gasteiger partial charge in [-0.3, -0.25) is 4.79 Å². The Morgan fingerprint density at radius 1 is 1.29 bits per heavy atom. The zero-order chi connectivity index (χ0) is 9.97. The van der Waals surface area contributed by atoms with E-state index in [1.54, 1.807) is 24.3 Å². The lowest BCUT2D eigenvalue weighted by molar-refractivity contribution is 0.0943. The van der Waals surface area contributed by atoms with Crippen molar-refractivity contribution in [1.82, 2.24) is 15.0 Å². The molecule has 70 valence electrons. The van der Waals surface area contributed by atoms with Crippen molar-refractivity contribution in [2.75, 3.05) is 0 Å². The first-order chi connectivity index (χ1) is 6.77. The highest BCUT2D eigenvalue weighted by Crippen LogP contribution is 2.03. The summed E-state index contributed by atoms with van der Waals surface area (Å²) in [5.74, 6) is -0.210. The van der Waals surface area contributed by atoms with Crippen LogP contribution in [0.5, 0.6) is 0 Å². The van der Waals surface area contributed by atoms with Gasteiger partial charge in [-0.25, -0.2) is 0 Å². The summed E-state index contributed by atoms with van der Waals surface area (Å²) >= 11 is 3.97. The summed E-state index contributed by atoms with van der Waals surface area (Å²) in [5, 5.41) is 7.68. The molecule has 14 heavy (non-hydrogen) atoms. The van der Waals surface area contributed by atoms with Crippen LogP contribution >= 0.6 is 12.6 Å². The summed E-state index contributed by atoms with van der Waals surface area (Å²) in [6, 6.07) is 8.89. The third kappa shape index (κ3) is 1.67. The van der Waals surface area contributed by atoms with Crippen molar-refractivity contribution >= 4 is 18.5 Å². The van der Waals surface area contributed by atoms with E-state index in [4.69, 9.17) is 0 Å². The van der Waals surface area contributed by atoms with Crippen molar-refractivity contribution < 1.29 is 4.79 Å². The van der Waals surface area contributed by atoms with Crippen molar-refractivity contribution in [3.63, 3.8) is 0 Å². The number of aromatic nitrogens is 3. The fourth-order valence-electron chi connectivity index (χ4n) is 1.07. The van der Waals surface area contributed by atoms with Crippen molar-refractivity contribution in [3.8, 4) is 0 Å². The molecular weight excluding hydrogens is 198 g/mol. The molecule has 2 rings (SSSR count). The fourth-order valence-corrected chi connectivity index (χ4v) is 1.22. The molecule has 1 heterocycles. The topological polar surface area (TPSA) is 47.8 Å². The SMILES string of the molecule is O=C(c1ccccc1)n1cc(S)nn1. The fraction of sp³-hybridized carbons (Fsp3) is 0. The molecule has 0 aliphatic carbocycles. The highest BCUT2D eigenvalue weighted by Gasteiger charge is 2.08. The molecule has 0 saturated carbocycles. The molecule has 1 aromatic carbocycles. The summed E-state index contributed by atoms with van der Waals surface area (Å²) in [7, 11) is 0. The predicted molar refractivity (Wildman–Crippen MR) is 53.4 cm³/mol. The van der Waals surface area contributed by atoms with E-state index in [9.17, 15) is 4.79 Å². The van der Waals surface area contributed by atoms with Gasteiger partial charge in [0.25, 0.3) is 5.91 Å². The Hall–Kier alpha value is -1.62. The van der Waals surface area contributed by atoms with Crippen LogP contribution in [-0.2, 0) is 0 Å². The van der Waals surface area contributed by atoms with Crippen LogP contribution in [0.25, 0.3) is 0 Å². The van der Waals surface area contributed by atoms with Gasteiger partial charge in [-0.15, -0.1) is 17.7 Å². The van der Waals surface area contributed by atoms with Crippen LogP contribution in [0.3, 0.4) is 0 Å². The third-order valence-corrected chi connectivity index (χ3v) is 1.92. The van der Waals surface area contributed by atoms with Gasteiger partial charge in [0, 0.05) is 5.56 Å². The maximum atomic E-state index is 11.7. The molecule has 0 fully saturated rings. The molecule has 0 amide bonds. The minimum Gasteiger partial charge on any atom is -0.267 e. The monoisotopic (exact) mass is 205 g/mol. The Labute approximate surface area is 86.0 Å². The normalized spacial score (nSPS) is 10.1. The highest BCUT2D eigenvalue weighted by atomic mass is 32.1. The first-order valence-electron chi connectivity index (χ1n) is 3.98. The van der Waals surface area contributed by atoms with Gasteiger partial charge < -0.3 is 0 Å². The van der Waals surface area contributed by atoms with Crippen molar-refractivity contribution in [2.45, 2.75) is 5.03 Å². The van der Waals surface area contributed by atoms with E-state index in [2.05, 4.69) is 22.9 Å². The van der Waals surface area contributed by atoms with Gasteiger partial charge in [0.15, 0.2) is 0 Å². The van der Waals surface area contributed by atoms with Crippen molar-refractivity contribution in [3.05, 3.63) is 42.1 Å². The summed E-state index contributed by atoms with van der Waals surface area (Å²) in [6.45, 7) is 0. The summed E-state index contributed by atoms with van der Waals surface area (Å²) < 4.78 is 1.16. The Morgan fingerprint density at radius 2 is 2.00 bits per heavy atom. The Bertz CT molecular complexity index is 452. The van der Waals surface area contributed by atoms with Crippen LogP contribution in [-0.4, -0.2) is 20.9 Å². The molecule has 0 radical (unpaired) electrons. The van der Waals surface area contributed by atoms with Crippen LogP contribution in [0.1, 0.15) is 10.4 Å². The Morgan fingerprint density at radius 3 is 2.57 bits per heavy atom. The minimum absolute atomic E-state index is 0.210. The molecule has 4 nitrogen and oxygen atoms in total. The number of hydrogen-bond acceptors (Lipinski definition) is 4. The lowest BCUT2D eigenvalue weighted by atomic mass is 10.2. The number of hydrogen-bond donors (Lipinski definition) is 1. The number of benzene rings is 1. The van der Waals surface area contributed by atoms with Crippen molar-refractivity contribution in [1.29, 1.82) is 0 Å². The second-order valence-corrected chi connectivity index (χ2v) is 3.15. The second-order valence-electron chi connectivity index (χ2n) is 2.69. The van der Waals surface area contributed by atoms with E-state index in [0.717, 1.165) is 4.68 Å². The molecule has 2 aromatic rings. The molecule has 0 aliphatic heterocycles. The summed E-state index contributed by atoms with van der Waals surface area (Å²) in [4.78, 5) is 11.7. The summed E-state index contributed by atoms with van der Waals surface area (Å²) in [5.41, 5.74) is 0.575. The zero-order valence-corrected chi connectivity index (χ0v) is 8.06. The second kappa shape index (κ2) is 3.63. The number of carbonyl (C=O) groups is 1. The summed E-state index contributed by atoms with van der Waals surface area (Å²) in [6.07, 6.45) is 1.47. The molecule has 0 aliphatic rings. The van der Waals surface area contributed by atoms with Gasteiger partial charge in [0.05, 0.1) is 6.20 Å². The van der Waals surface area contributed by atoms with E-state index in [0.29, 0.717) is 10.6 Å². The Balaban J connectivity index is 2.34. The smallest absolute Gasteiger partial charge is 0.267 e. The van der Waals surface area contributed by atoms with Gasteiger partial charge in [-0.05, 0) is 12.1 Å². The highest BCUT2D eigenvalue weighted by molar-refractivity contribution is 7.80. The first-order valence-corrected chi connectivity index (χ1v) is 4.43. The number of nitrogens with zero attached hydrogens (tertiary/aromatic N) is 3. The van der Waals surface area contributed by atoms with Crippen LogP contribution in [0, 0.1) is 0 Å². The predicted octanol–water partition coefficient (Wildman–Crippen LogP) is 1.26. The van der Waals surface area contributed by atoms with E-state index in [-0.39, 0.29) is 5.91 Å². The average Bonchev–Trinajstić information content (AvgIpc) is 2.65. The van der Waals surface area contributed by atoms with Gasteiger partial charge >= 0.3 is 0 Å². The van der Waals surface area contributed by atoms with Crippen LogP contribution in [0.2, 0.25) is 0 Å². The van der Waals surface area contributed by atoms with Gasteiger partial charge in [-0.1, -0.05) is 23.4 Å². The van der Waals surface area contributed by atoms with E-state index in [1.165, 1.54) is 6.20 Å². The van der Waals surface area contributed by atoms with E-state index in [1.807, 2.05) is 6.07 Å². The molecule has 0 saturated heterocycles. The quantitative estimate of drug-likeness (QED) is 0.713. The molecule has 0 bridgehead atoms. The number of carbonyl (C=O) groups excluding carboxylic acids is 1. The maximum absolute atomic E-state index is 11.7. The molecular formula is C9H7N3OS. The van der Waals surface area contributed by atoms with E-state index < -0.39 is 0 Å². The van der Waals surface area contributed by atoms with Crippen LogP contribution in [0.15, 0.2) is 41.6 Å². The number of thiol groups is 1. The standard InChI is InChI=1S/C9H7N3OS/c13-9(7-4-2-1-3-5-7)12-6-8(14)10-11-12/h1-6,14H. The van der Waals surface area contributed by atoms with Gasteiger partial charge in [-0.2, -0.15) is 4.68 Å². The molecule has 0 N–H and O–H groups in total. The van der Waals surface area contributed by atoms with Crippen molar-refractivity contribution in [2.24, 2.45) is 0 Å². The largest absolute Gasteiger partial charge is 0.279 e. The molecule has 0 unspecified atom stereocenters. The molecule has 0 atom stereocenters. The third-order valence-electron chi connectivity index (χ3n) is 1.71. The molecule has 1 aromatic heterocycles. The minimum atomic E-state index is -0.210. The van der Waals surface area contributed by atoms with E-state index >= 15 is 0 Å². The van der Waals surface area contributed by atoms with Gasteiger partial charge in [0.2, 0.25) is 0 Å². The van der Waals surface area contributed by atoms with Gasteiger partial charge in [0.1, 0.15) is 5.03 Å². The molecule has 5 heteroatoms. The lowest BCUT2D eigenvalue weighted by Crippen LogP contribution is -2.12. The average molecular weight is 205 g/mol. The Kier molecular flexibility index (Phi) is 2.32. The first kappa shape index (κ1) is 8.96. The lowest BCUT2D eigenvalue weighted by Gasteiger charge is -1.97.